The molecule has 2 heteroatoms. The second-order valence-electron chi connectivity index (χ2n) is 4.77. The lowest BCUT2D eigenvalue weighted by molar-refractivity contribution is 0.626. The van der Waals surface area contributed by atoms with Crippen LogP contribution in [-0.2, 0) is 12.8 Å². The van der Waals surface area contributed by atoms with Crippen LogP contribution in [0.2, 0.25) is 0 Å². The summed E-state index contributed by atoms with van der Waals surface area (Å²) in [5.74, 6) is -0.228. The van der Waals surface area contributed by atoms with Crippen molar-refractivity contribution in [2.75, 3.05) is 0 Å². The van der Waals surface area contributed by atoms with Gasteiger partial charge in [0, 0.05) is 0 Å². The van der Waals surface area contributed by atoms with Crippen LogP contribution in [0.5, 0.6) is 0 Å². The van der Waals surface area contributed by atoms with Crippen molar-refractivity contribution in [2.45, 2.75) is 32.7 Å². The Balaban J connectivity index is 2.41. The summed E-state index contributed by atoms with van der Waals surface area (Å²) >= 11 is 0. The van der Waals surface area contributed by atoms with Gasteiger partial charge in [0.25, 0.3) is 0 Å². The summed E-state index contributed by atoms with van der Waals surface area (Å²) in [6.45, 7) is 4.26. The van der Waals surface area contributed by atoms with E-state index < -0.39 is 0 Å². The van der Waals surface area contributed by atoms with Crippen molar-refractivity contribution in [3.63, 3.8) is 0 Å². The molecule has 2 aromatic rings. The van der Waals surface area contributed by atoms with Crippen LogP contribution in [0, 0.1) is 5.82 Å². The molecule has 0 aliphatic carbocycles. The van der Waals surface area contributed by atoms with Gasteiger partial charge in [-0.2, -0.15) is 0 Å². The highest BCUT2D eigenvalue weighted by Crippen LogP contribution is 2.25. The van der Waals surface area contributed by atoms with E-state index in [4.69, 9.17) is 5.73 Å². The molecule has 0 heterocycles. The number of hydrogen-bond donors (Lipinski definition) is 1. The third kappa shape index (κ3) is 3.02. The largest absolute Gasteiger partial charge is 0.320 e. The Labute approximate surface area is 114 Å². The van der Waals surface area contributed by atoms with Crippen molar-refractivity contribution in [1.29, 1.82) is 0 Å². The summed E-state index contributed by atoms with van der Waals surface area (Å²) in [6, 6.07) is 12.7. The maximum absolute atomic E-state index is 13.0. The van der Waals surface area contributed by atoms with Gasteiger partial charge in [0.1, 0.15) is 5.82 Å². The van der Waals surface area contributed by atoms with E-state index in [2.05, 4.69) is 32.0 Å². The highest BCUT2D eigenvalue weighted by molar-refractivity contribution is 5.39. The minimum Gasteiger partial charge on any atom is -0.320 e. The maximum atomic E-state index is 13.0. The van der Waals surface area contributed by atoms with Crippen LogP contribution in [0.4, 0.5) is 4.39 Å². The number of halogens is 1. The van der Waals surface area contributed by atoms with Gasteiger partial charge < -0.3 is 5.73 Å². The summed E-state index contributed by atoms with van der Waals surface area (Å²) in [5, 5.41) is 0. The molecule has 1 unspecified atom stereocenters. The quantitative estimate of drug-likeness (QED) is 0.880. The number of nitrogens with two attached hydrogens (primary N) is 1. The lowest BCUT2D eigenvalue weighted by Gasteiger charge is -2.17. The van der Waals surface area contributed by atoms with Crippen molar-refractivity contribution >= 4 is 0 Å². The topological polar surface area (TPSA) is 26.0 Å². The molecule has 1 nitrogen and oxygen atoms in total. The molecule has 0 spiro atoms. The van der Waals surface area contributed by atoms with Gasteiger partial charge >= 0.3 is 0 Å². The van der Waals surface area contributed by atoms with E-state index in [-0.39, 0.29) is 11.9 Å². The highest BCUT2D eigenvalue weighted by atomic mass is 19.1. The normalized spacial score (nSPS) is 12.4. The minimum absolute atomic E-state index is 0.193. The number of rotatable bonds is 4. The van der Waals surface area contributed by atoms with Crippen LogP contribution < -0.4 is 5.73 Å². The summed E-state index contributed by atoms with van der Waals surface area (Å²) in [6.07, 6.45) is 1.95. The molecule has 0 saturated carbocycles. The molecule has 1 atom stereocenters. The van der Waals surface area contributed by atoms with Crippen molar-refractivity contribution in [2.24, 2.45) is 5.73 Å². The van der Waals surface area contributed by atoms with Gasteiger partial charge in [-0.3, -0.25) is 0 Å². The number of benzene rings is 2. The van der Waals surface area contributed by atoms with Crippen molar-refractivity contribution in [1.82, 2.24) is 0 Å². The highest BCUT2D eigenvalue weighted by Gasteiger charge is 2.13. The molecule has 0 aliphatic heterocycles. The summed E-state index contributed by atoms with van der Waals surface area (Å²) in [5.41, 5.74) is 11.0. The smallest absolute Gasteiger partial charge is 0.123 e. The molecule has 19 heavy (non-hydrogen) atoms. The van der Waals surface area contributed by atoms with Crippen LogP contribution >= 0.6 is 0 Å². The predicted molar refractivity (Wildman–Crippen MR) is 77.6 cm³/mol. The van der Waals surface area contributed by atoms with Gasteiger partial charge in [0.15, 0.2) is 0 Å². The predicted octanol–water partition coefficient (Wildman–Crippen LogP) is 4.00. The van der Waals surface area contributed by atoms with Crippen LogP contribution in [0.3, 0.4) is 0 Å². The fourth-order valence-electron chi connectivity index (χ4n) is 2.33. The van der Waals surface area contributed by atoms with Crippen LogP contribution in [-0.4, -0.2) is 0 Å². The van der Waals surface area contributed by atoms with Gasteiger partial charge in [-0.25, -0.2) is 4.39 Å². The van der Waals surface area contributed by atoms with Gasteiger partial charge in [-0.1, -0.05) is 44.2 Å². The summed E-state index contributed by atoms with van der Waals surface area (Å²) in [7, 11) is 0. The third-order valence-electron chi connectivity index (χ3n) is 3.56. The molecule has 0 amide bonds. The summed E-state index contributed by atoms with van der Waals surface area (Å²) in [4.78, 5) is 0. The van der Waals surface area contributed by atoms with E-state index in [0.717, 1.165) is 24.0 Å². The molecule has 2 N–H and O–H groups in total. The monoisotopic (exact) mass is 257 g/mol. The first-order chi connectivity index (χ1) is 9.15. The Morgan fingerprint density at radius 1 is 1.00 bits per heavy atom. The van der Waals surface area contributed by atoms with E-state index >= 15 is 0 Å². The molecule has 0 aliphatic rings. The molecule has 0 radical (unpaired) electrons. The number of hydrogen-bond acceptors (Lipinski definition) is 1. The molecule has 2 rings (SSSR count). The fraction of sp³-hybridized carbons (Fsp3) is 0.294. The lowest BCUT2D eigenvalue weighted by Crippen LogP contribution is -2.14. The summed E-state index contributed by atoms with van der Waals surface area (Å²) < 4.78 is 13.0. The Bertz CT molecular complexity index is 546. The zero-order chi connectivity index (χ0) is 13.8. The Kier molecular flexibility index (Phi) is 4.33. The molecule has 0 aromatic heterocycles. The molecular weight excluding hydrogens is 237 g/mol. The average molecular weight is 257 g/mol. The van der Waals surface area contributed by atoms with Gasteiger partial charge in [0.2, 0.25) is 0 Å². The Morgan fingerprint density at radius 2 is 1.68 bits per heavy atom. The van der Waals surface area contributed by atoms with E-state index in [0.29, 0.717) is 0 Å². The van der Waals surface area contributed by atoms with Crippen molar-refractivity contribution in [3.05, 3.63) is 70.5 Å². The molecule has 0 fully saturated rings. The van der Waals surface area contributed by atoms with Crippen LogP contribution in [0.15, 0.2) is 42.5 Å². The van der Waals surface area contributed by atoms with E-state index in [1.165, 1.54) is 23.3 Å². The Hall–Kier alpha value is -1.67. The SMILES string of the molecule is CCc1ccc(CC)c(C(N)c2ccc(F)cc2)c1. The zero-order valence-corrected chi connectivity index (χ0v) is 11.5. The van der Waals surface area contributed by atoms with E-state index in [9.17, 15) is 4.39 Å². The van der Waals surface area contributed by atoms with E-state index in [1.807, 2.05) is 0 Å². The molecule has 2 aromatic carbocycles. The second kappa shape index (κ2) is 5.98. The van der Waals surface area contributed by atoms with Crippen molar-refractivity contribution in [3.8, 4) is 0 Å². The van der Waals surface area contributed by atoms with Crippen molar-refractivity contribution < 1.29 is 4.39 Å². The van der Waals surface area contributed by atoms with Crippen LogP contribution in [0.1, 0.15) is 42.1 Å². The van der Waals surface area contributed by atoms with Gasteiger partial charge in [-0.05, 0) is 47.2 Å². The fourth-order valence-corrected chi connectivity index (χ4v) is 2.33. The molecule has 0 saturated heterocycles. The molecule has 0 bridgehead atoms. The van der Waals surface area contributed by atoms with Crippen LogP contribution in [0.25, 0.3) is 0 Å². The molecule has 100 valence electrons. The third-order valence-corrected chi connectivity index (χ3v) is 3.56. The first-order valence-corrected chi connectivity index (χ1v) is 6.78. The molecular formula is C17H20FN. The first-order valence-electron chi connectivity index (χ1n) is 6.78. The first kappa shape index (κ1) is 13.8. The maximum Gasteiger partial charge on any atom is 0.123 e. The zero-order valence-electron chi connectivity index (χ0n) is 11.5. The van der Waals surface area contributed by atoms with E-state index in [1.54, 1.807) is 12.1 Å². The Morgan fingerprint density at radius 3 is 2.26 bits per heavy atom. The number of aryl methyl sites for hydroxylation is 2. The minimum atomic E-state index is -0.228. The standard InChI is InChI=1S/C17H20FN/c1-3-12-5-6-13(4-2)16(11-12)17(19)14-7-9-15(18)10-8-14/h5-11,17H,3-4,19H2,1-2H3. The lowest BCUT2D eigenvalue weighted by atomic mass is 9.92. The second-order valence-corrected chi connectivity index (χ2v) is 4.77. The average Bonchev–Trinajstić information content (AvgIpc) is 2.46. The van der Waals surface area contributed by atoms with Gasteiger partial charge in [0.05, 0.1) is 6.04 Å². The van der Waals surface area contributed by atoms with Gasteiger partial charge in [-0.15, -0.1) is 0 Å².